The fourth-order valence-electron chi connectivity index (χ4n) is 2.42. The van der Waals surface area contributed by atoms with Crippen molar-refractivity contribution in [2.45, 2.75) is 37.7 Å². The molecule has 1 aromatic rings. The maximum atomic E-state index is 13.3. The molecule has 1 aliphatic heterocycles. The number of halogens is 8. The number of hydrogen-bond donors (Lipinski definition) is 1. The van der Waals surface area contributed by atoms with Crippen LogP contribution in [-0.4, -0.2) is 34.4 Å². The minimum Gasteiger partial charge on any atom is -0.404 e. The molecule has 2 rings (SSSR count). The maximum absolute atomic E-state index is 13.3. The van der Waals surface area contributed by atoms with Gasteiger partial charge in [-0.3, -0.25) is 14.4 Å². The van der Waals surface area contributed by atoms with Crippen LogP contribution in [0.3, 0.4) is 0 Å². The second-order valence-corrected chi connectivity index (χ2v) is 5.60. The third-order valence-electron chi connectivity index (χ3n) is 3.70. The van der Waals surface area contributed by atoms with Crippen molar-refractivity contribution in [3.05, 3.63) is 33.6 Å². The molecule has 0 radical (unpaired) electrons. The van der Waals surface area contributed by atoms with Crippen molar-refractivity contribution in [1.29, 1.82) is 0 Å². The van der Waals surface area contributed by atoms with E-state index in [1.165, 1.54) is 0 Å². The highest BCUT2D eigenvalue weighted by atomic mass is 19.4. The lowest BCUT2D eigenvalue weighted by molar-refractivity contribution is -0.276. The number of alkyl halides is 8. The van der Waals surface area contributed by atoms with Gasteiger partial charge in [0.15, 0.2) is 5.69 Å². The van der Waals surface area contributed by atoms with E-state index in [-0.39, 0.29) is 25.0 Å². The number of allylic oxidation sites excluding steroid dienone is 1. The van der Waals surface area contributed by atoms with Crippen LogP contribution in [0.25, 0.3) is 5.57 Å². The van der Waals surface area contributed by atoms with Crippen molar-refractivity contribution in [3.8, 4) is 0 Å². The summed E-state index contributed by atoms with van der Waals surface area (Å²) in [4.78, 5) is 18.6. The molecule has 13 heteroatoms. The predicted octanol–water partition coefficient (Wildman–Crippen LogP) is 2.78. The summed E-state index contributed by atoms with van der Waals surface area (Å²) in [6.45, 7) is -1.98. The van der Waals surface area contributed by atoms with Crippen molar-refractivity contribution in [3.63, 3.8) is 0 Å². The summed E-state index contributed by atoms with van der Waals surface area (Å²) in [6, 6.07) is 0. The van der Waals surface area contributed by atoms with Gasteiger partial charge in [0.25, 0.3) is 5.56 Å². The van der Waals surface area contributed by atoms with Gasteiger partial charge in [0.2, 0.25) is 0 Å². The summed E-state index contributed by atoms with van der Waals surface area (Å²) in [5, 5.41) is 0. The minimum absolute atomic E-state index is 0.0907. The fraction of sp³-hybridized carbons (Fsp3) is 0.500. The van der Waals surface area contributed by atoms with Gasteiger partial charge in [0, 0.05) is 31.0 Å². The predicted molar refractivity (Wildman–Crippen MR) is 78.3 cm³/mol. The van der Waals surface area contributed by atoms with Crippen LogP contribution in [0.4, 0.5) is 35.1 Å². The first-order valence-corrected chi connectivity index (χ1v) is 7.37. The van der Waals surface area contributed by atoms with Gasteiger partial charge < -0.3 is 5.73 Å². The Morgan fingerprint density at radius 2 is 1.81 bits per heavy atom. The van der Waals surface area contributed by atoms with Crippen LogP contribution in [0.5, 0.6) is 0 Å². The third kappa shape index (κ3) is 4.11. The molecule has 0 unspecified atom stereocenters. The molecule has 0 fully saturated rings. The summed E-state index contributed by atoms with van der Waals surface area (Å²) >= 11 is 0. The van der Waals surface area contributed by atoms with E-state index in [1.807, 2.05) is 0 Å². The normalized spacial score (nSPS) is 16.2. The topological polar surface area (TPSA) is 73.3 Å². The van der Waals surface area contributed by atoms with Crippen molar-refractivity contribution in [2.75, 3.05) is 6.54 Å². The largest absolute Gasteiger partial charge is 0.455 e. The number of aryl methyl sites for hydroxylation is 1. The molecule has 0 bridgehead atoms. The summed E-state index contributed by atoms with van der Waals surface area (Å²) in [6.07, 6.45) is -9.73. The van der Waals surface area contributed by atoms with E-state index in [1.54, 1.807) is 0 Å². The SMILES string of the molecule is N/C=C(\C=NCC(F)(F)C(F)(F)F)c1c(C(F)(F)F)nc2n(c1=O)CCC2. The van der Waals surface area contributed by atoms with Gasteiger partial charge >= 0.3 is 18.3 Å². The number of aromatic nitrogens is 2. The zero-order valence-corrected chi connectivity index (χ0v) is 13.3. The van der Waals surface area contributed by atoms with Gasteiger partial charge in [0.1, 0.15) is 12.4 Å². The molecule has 0 saturated heterocycles. The first-order chi connectivity index (χ1) is 12.3. The van der Waals surface area contributed by atoms with E-state index in [0.29, 0.717) is 12.6 Å². The smallest absolute Gasteiger partial charge is 0.404 e. The van der Waals surface area contributed by atoms with Crippen molar-refractivity contribution in [2.24, 2.45) is 10.7 Å². The average molecular weight is 404 g/mol. The lowest BCUT2D eigenvalue weighted by Crippen LogP contribution is -2.39. The minimum atomic E-state index is -5.89. The highest BCUT2D eigenvalue weighted by Crippen LogP contribution is 2.36. The molecule has 0 amide bonds. The van der Waals surface area contributed by atoms with Crippen LogP contribution < -0.4 is 11.3 Å². The van der Waals surface area contributed by atoms with Crippen molar-refractivity contribution < 1.29 is 35.1 Å². The molecule has 1 aliphatic rings. The van der Waals surface area contributed by atoms with Gasteiger partial charge in [-0.15, -0.1) is 0 Å². The van der Waals surface area contributed by atoms with E-state index < -0.39 is 47.2 Å². The van der Waals surface area contributed by atoms with Crippen LogP contribution in [0.15, 0.2) is 16.0 Å². The number of rotatable bonds is 4. The van der Waals surface area contributed by atoms with Crippen LogP contribution in [0, 0.1) is 0 Å². The molecule has 0 aromatic carbocycles. The lowest BCUT2D eigenvalue weighted by atomic mass is 10.1. The van der Waals surface area contributed by atoms with E-state index >= 15 is 0 Å². The van der Waals surface area contributed by atoms with Gasteiger partial charge in [-0.2, -0.15) is 35.1 Å². The molecule has 0 atom stereocenters. The van der Waals surface area contributed by atoms with Gasteiger partial charge in [0.05, 0.1) is 5.56 Å². The standard InChI is InChI=1S/C14H12F8N4O/c15-12(16,14(20,21)22)6-24-5-7(4-23)9-10(13(17,18)19)25-8-2-1-3-26(8)11(9)27/h4-5H,1-3,6,23H2/b7-4+,24-5?. The van der Waals surface area contributed by atoms with Crippen molar-refractivity contribution >= 4 is 11.8 Å². The summed E-state index contributed by atoms with van der Waals surface area (Å²) in [5.74, 6) is -5.30. The van der Waals surface area contributed by atoms with E-state index in [0.717, 1.165) is 4.57 Å². The van der Waals surface area contributed by atoms with E-state index in [4.69, 9.17) is 5.73 Å². The molecule has 0 aliphatic carbocycles. The zero-order chi connectivity index (χ0) is 20.6. The van der Waals surface area contributed by atoms with Crippen LogP contribution in [-0.2, 0) is 19.1 Å². The average Bonchev–Trinajstić information content (AvgIpc) is 2.99. The molecular formula is C14H12F8N4O. The van der Waals surface area contributed by atoms with Crippen molar-refractivity contribution in [1.82, 2.24) is 9.55 Å². The van der Waals surface area contributed by atoms with E-state index in [9.17, 15) is 39.9 Å². The Labute approximate surface area is 146 Å². The molecule has 5 nitrogen and oxygen atoms in total. The Morgan fingerprint density at radius 3 is 2.33 bits per heavy atom. The molecule has 0 saturated carbocycles. The molecule has 27 heavy (non-hydrogen) atoms. The Kier molecular flexibility index (Phi) is 5.34. The Morgan fingerprint density at radius 1 is 1.19 bits per heavy atom. The molecule has 1 aromatic heterocycles. The van der Waals surface area contributed by atoms with Gasteiger partial charge in [-0.25, -0.2) is 4.98 Å². The second-order valence-electron chi connectivity index (χ2n) is 5.60. The Bertz CT molecular complexity index is 835. The number of nitrogens with two attached hydrogens (primary N) is 1. The summed E-state index contributed by atoms with van der Waals surface area (Å²) in [7, 11) is 0. The second kappa shape index (κ2) is 6.93. The molecular weight excluding hydrogens is 392 g/mol. The fourth-order valence-corrected chi connectivity index (χ4v) is 2.42. The third-order valence-corrected chi connectivity index (χ3v) is 3.70. The number of fused-ring (bicyclic) bond motifs is 1. The Balaban J connectivity index is 2.49. The van der Waals surface area contributed by atoms with Crippen LogP contribution in [0.2, 0.25) is 0 Å². The Hall–Kier alpha value is -2.47. The van der Waals surface area contributed by atoms with Gasteiger partial charge in [-0.1, -0.05) is 0 Å². The lowest BCUT2D eigenvalue weighted by Gasteiger charge is -2.17. The number of hydrogen-bond acceptors (Lipinski definition) is 4. The van der Waals surface area contributed by atoms with Crippen LogP contribution >= 0.6 is 0 Å². The number of nitrogens with zero attached hydrogens (tertiary/aromatic N) is 3. The maximum Gasteiger partial charge on any atom is 0.455 e. The van der Waals surface area contributed by atoms with Gasteiger partial charge in [-0.05, 0) is 6.42 Å². The highest BCUT2D eigenvalue weighted by Gasteiger charge is 2.57. The monoisotopic (exact) mass is 404 g/mol. The summed E-state index contributed by atoms with van der Waals surface area (Å²) in [5.41, 5.74) is 0.602. The van der Waals surface area contributed by atoms with Crippen LogP contribution in [0.1, 0.15) is 23.5 Å². The van der Waals surface area contributed by atoms with E-state index in [2.05, 4.69) is 9.98 Å². The molecule has 0 spiro atoms. The highest BCUT2D eigenvalue weighted by molar-refractivity contribution is 6.10. The number of aliphatic imine (C=N–C) groups is 1. The summed E-state index contributed by atoms with van der Waals surface area (Å²) < 4.78 is 103. The molecule has 2 heterocycles. The first-order valence-electron chi connectivity index (χ1n) is 7.37. The molecule has 2 N–H and O–H groups in total. The quantitative estimate of drug-likeness (QED) is 0.620. The molecule has 150 valence electrons. The first kappa shape index (κ1) is 20.8. The zero-order valence-electron chi connectivity index (χ0n) is 13.3.